The van der Waals surface area contributed by atoms with Gasteiger partial charge in [-0.15, -0.1) is 0 Å². The first-order chi connectivity index (χ1) is 8.91. The molecule has 4 nitrogen and oxygen atoms in total. The predicted octanol–water partition coefficient (Wildman–Crippen LogP) is 2.70. The molecule has 1 atom stereocenters. The minimum absolute atomic E-state index is 0.452. The van der Waals surface area contributed by atoms with Crippen LogP contribution in [0.4, 0.5) is 5.82 Å². The van der Waals surface area contributed by atoms with Crippen LogP contribution in [0.5, 0.6) is 0 Å². The van der Waals surface area contributed by atoms with Crippen molar-refractivity contribution in [3.8, 4) is 0 Å². The summed E-state index contributed by atoms with van der Waals surface area (Å²) in [5.41, 5.74) is 1.00. The van der Waals surface area contributed by atoms with Crippen LogP contribution in [0.15, 0.2) is 12.4 Å². The summed E-state index contributed by atoms with van der Waals surface area (Å²) in [6.07, 6.45) is 3.68. The molecule has 0 radical (unpaired) electrons. The van der Waals surface area contributed by atoms with E-state index in [9.17, 15) is 0 Å². The Morgan fingerprint density at radius 1 is 1.16 bits per heavy atom. The highest BCUT2D eigenvalue weighted by atomic mass is 15.2. The van der Waals surface area contributed by atoms with Gasteiger partial charge in [-0.1, -0.05) is 27.7 Å². The Morgan fingerprint density at radius 2 is 1.84 bits per heavy atom. The van der Waals surface area contributed by atoms with E-state index < -0.39 is 0 Å². The van der Waals surface area contributed by atoms with Gasteiger partial charge in [0, 0.05) is 25.8 Å². The van der Waals surface area contributed by atoms with Crippen LogP contribution in [0.1, 0.15) is 40.3 Å². The number of nitrogens with zero attached hydrogens (tertiary/aromatic N) is 3. The molecule has 0 aliphatic heterocycles. The minimum atomic E-state index is 0.452. The Bertz CT molecular complexity index is 376. The summed E-state index contributed by atoms with van der Waals surface area (Å²) < 4.78 is 0. The van der Waals surface area contributed by atoms with Crippen molar-refractivity contribution in [3.05, 3.63) is 18.1 Å². The Hall–Kier alpha value is -1.16. The van der Waals surface area contributed by atoms with Crippen LogP contribution in [-0.4, -0.2) is 29.6 Å². The van der Waals surface area contributed by atoms with Gasteiger partial charge in [0.1, 0.15) is 5.82 Å². The highest BCUT2D eigenvalue weighted by molar-refractivity contribution is 5.36. The zero-order valence-electron chi connectivity index (χ0n) is 13.1. The molecule has 19 heavy (non-hydrogen) atoms. The Morgan fingerprint density at radius 3 is 2.42 bits per heavy atom. The van der Waals surface area contributed by atoms with E-state index in [0.717, 1.165) is 24.6 Å². The molecule has 1 rings (SSSR count). The molecule has 1 unspecified atom stereocenters. The first-order valence-corrected chi connectivity index (χ1v) is 7.16. The van der Waals surface area contributed by atoms with Crippen LogP contribution in [0.3, 0.4) is 0 Å². The van der Waals surface area contributed by atoms with E-state index >= 15 is 0 Å². The first-order valence-electron chi connectivity index (χ1n) is 7.16. The van der Waals surface area contributed by atoms with E-state index in [4.69, 9.17) is 0 Å². The van der Waals surface area contributed by atoms with Crippen molar-refractivity contribution in [1.82, 2.24) is 15.3 Å². The third-order valence-electron chi connectivity index (χ3n) is 3.47. The molecule has 108 valence electrons. The van der Waals surface area contributed by atoms with Gasteiger partial charge in [-0.05, 0) is 25.3 Å². The molecule has 0 saturated carbocycles. The first kappa shape index (κ1) is 15.9. The second kappa shape index (κ2) is 7.43. The average molecular weight is 264 g/mol. The van der Waals surface area contributed by atoms with E-state index in [1.54, 1.807) is 0 Å². The SMILES string of the molecule is CC(C)CNCc1cncc(N(C)C(C)C(C)C)n1. The van der Waals surface area contributed by atoms with Crippen molar-refractivity contribution < 1.29 is 0 Å². The molecule has 0 bridgehead atoms. The lowest BCUT2D eigenvalue weighted by molar-refractivity contribution is 0.501. The van der Waals surface area contributed by atoms with Gasteiger partial charge in [0.25, 0.3) is 0 Å². The van der Waals surface area contributed by atoms with E-state index in [-0.39, 0.29) is 0 Å². The van der Waals surface area contributed by atoms with Crippen molar-refractivity contribution in [2.24, 2.45) is 11.8 Å². The number of aromatic nitrogens is 2. The summed E-state index contributed by atoms with van der Waals surface area (Å²) >= 11 is 0. The summed E-state index contributed by atoms with van der Waals surface area (Å²) in [6, 6.07) is 0.452. The largest absolute Gasteiger partial charge is 0.355 e. The van der Waals surface area contributed by atoms with Crippen molar-refractivity contribution in [3.63, 3.8) is 0 Å². The number of nitrogens with one attached hydrogen (secondary N) is 1. The Labute approximate surface area is 117 Å². The molecule has 4 heteroatoms. The van der Waals surface area contributed by atoms with Gasteiger partial charge >= 0.3 is 0 Å². The second-order valence-corrected chi connectivity index (χ2v) is 5.99. The lowest BCUT2D eigenvalue weighted by atomic mass is 10.1. The van der Waals surface area contributed by atoms with Gasteiger partial charge in [0.2, 0.25) is 0 Å². The topological polar surface area (TPSA) is 41.1 Å². The minimum Gasteiger partial charge on any atom is -0.355 e. The van der Waals surface area contributed by atoms with Crippen LogP contribution in [0.25, 0.3) is 0 Å². The van der Waals surface area contributed by atoms with Gasteiger partial charge < -0.3 is 10.2 Å². The predicted molar refractivity (Wildman–Crippen MR) is 81.3 cm³/mol. The Kier molecular flexibility index (Phi) is 6.22. The van der Waals surface area contributed by atoms with Gasteiger partial charge in [-0.3, -0.25) is 4.98 Å². The zero-order chi connectivity index (χ0) is 14.4. The Balaban J connectivity index is 2.66. The normalized spacial score (nSPS) is 13.1. The van der Waals surface area contributed by atoms with Crippen LogP contribution >= 0.6 is 0 Å². The standard InChI is InChI=1S/C15H28N4/c1-11(2)7-16-8-14-9-17-10-15(18-14)19(6)13(5)12(3)4/h9-13,16H,7-8H2,1-6H3. The average Bonchev–Trinajstić information content (AvgIpc) is 2.36. The quantitative estimate of drug-likeness (QED) is 0.822. The summed E-state index contributed by atoms with van der Waals surface area (Å²) in [4.78, 5) is 11.2. The third-order valence-corrected chi connectivity index (χ3v) is 3.47. The number of anilines is 1. The molecular weight excluding hydrogens is 236 g/mol. The van der Waals surface area contributed by atoms with Crippen LogP contribution in [0.2, 0.25) is 0 Å². The third kappa shape index (κ3) is 5.15. The second-order valence-electron chi connectivity index (χ2n) is 5.99. The van der Waals surface area contributed by atoms with Crippen molar-refractivity contribution in [2.75, 3.05) is 18.5 Å². The maximum atomic E-state index is 4.67. The molecule has 1 heterocycles. The molecule has 0 amide bonds. The van der Waals surface area contributed by atoms with Crippen molar-refractivity contribution in [1.29, 1.82) is 0 Å². The smallest absolute Gasteiger partial charge is 0.147 e. The number of rotatable bonds is 7. The fraction of sp³-hybridized carbons (Fsp3) is 0.733. The maximum absolute atomic E-state index is 4.67. The van der Waals surface area contributed by atoms with Crippen molar-refractivity contribution in [2.45, 2.75) is 47.2 Å². The molecule has 0 spiro atoms. The van der Waals surface area contributed by atoms with Crippen LogP contribution in [0, 0.1) is 11.8 Å². The molecule has 0 aromatic carbocycles. The van der Waals surface area contributed by atoms with Gasteiger partial charge in [-0.25, -0.2) is 4.98 Å². The molecule has 1 aromatic rings. The number of hydrogen-bond acceptors (Lipinski definition) is 4. The molecule has 1 aromatic heterocycles. The fourth-order valence-electron chi connectivity index (χ4n) is 1.79. The molecule has 0 saturated heterocycles. The fourth-order valence-corrected chi connectivity index (χ4v) is 1.79. The summed E-state index contributed by atoms with van der Waals surface area (Å²) in [5, 5.41) is 3.40. The lowest BCUT2D eigenvalue weighted by Crippen LogP contribution is -2.34. The lowest BCUT2D eigenvalue weighted by Gasteiger charge is -2.28. The monoisotopic (exact) mass is 264 g/mol. The summed E-state index contributed by atoms with van der Waals surface area (Å²) in [6.45, 7) is 12.9. The van der Waals surface area contributed by atoms with E-state index in [2.05, 4.69) is 61.9 Å². The molecule has 0 aliphatic rings. The van der Waals surface area contributed by atoms with Crippen molar-refractivity contribution >= 4 is 5.82 Å². The van der Waals surface area contributed by atoms with Crippen LogP contribution < -0.4 is 10.2 Å². The highest BCUT2D eigenvalue weighted by Crippen LogP contribution is 2.16. The van der Waals surface area contributed by atoms with Gasteiger partial charge in [0.15, 0.2) is 0 Å². The van der Waals surface area contributed by atoms with Gasteiger partial charge in [-0.2, -0.15) is 0 Å². The van der Waals surface area contributed by atoms with E-state index in [0.29, 0.717) is 17.9 Å². The number of hydrogen-bond donors (Lipinski definition) is 1. The molecular formula is C15H28N4. The highest BCUT2D eigenvalue weighted by Gasteiger charge is 2.15. The zero-order valence-corrected chi connectivity index (χ0v) is 13.1. The summed E-state index contributed by atoms with van der Waals surface area (Å²) in [5.74, 6) is 2.19. The molecule has 0 fully saturated rings. The van der Waals surface area contributed by atoms with Crippen LogP contribution in [-0.2, 0) is 6.54 Å². The molecule has 1 N–H and O–H groups in total. The van der Waals surface area contributed by atoms with E-state index in [1.165, 1.54) is 0 Å². The maximum Gasteiger partial charge on any atom is 0.147 e. The van der Waals surface area contributed by atoms with E-state index in [1.807, 2.05) is 12.4 Å². The molecule has 0 aliphatic carbocycles. The van der Waals surface area contributed by atoms with Gasteiger partial charge in [0.05, 0.1) is 11.9 Å². The summed E-state index contributed by atoms with van der Waals surface area (Å²) in [7, 11) is 2.08.